The second kappa shape index (κ2) is 9.06. The van der Waals surface area contributed by atoms with Crippen LogP contribution in [0.1, 0.15) is 13.8 Å². The van der Waals surface area contributed by atoms with Crippen LogP contribution >= 0.6 is 0 Å². The van der Waals surface area contributed by atoms with Crippen LogP contribution in [0.3, 0.4) is 0 Å². The summed E-state index contributed by atoms with van der Waals surface area (Å²) in [6.07, 6.45) is 1.60. The predicted octanol–water partition coefficient (Wildman–Crippen LogP) is 1.02. The van der Waals surface area contributed by atoms with Gasteiger partial charge in [0.25, 0.3) is 0 Å². The minimum atomic E-state index is -3.63. The summed E-state index contributed by atoms with van der Waals surface area (Å²) in [6, 6.07) is 7.83. The number of rotatable bonds is 8. The largest absolute Gasteiger partial charge is 0.461 e. The van der Waals surface area contributed by atoms with Crippen molar-refractivity contribution in [1.29, 1.82) is 0 Å². The Hall–Kier alpha value is -2.19. The van der Waals surface area contributed by atoms with E-state index in [1.54, 1.807) is 32.0 Å². The van der Waals surface area contributed by atoms with Crippen LogP contribution in [0, 0.1) is 0 Å². The van der Waals surface area contributed by atoms with Gasteiger partial charge in [-0.1, -0.05) is 18.2 Å². The molecule has 126 valence electrons. The molecule has 23 heavy (non-hydrogen) atoms. The van der Waals surface area contributed by atoms with E-state index in [-0.39, 0.29) is 24.2 Å². The lowest BCUT2D eigenvalue weighted by Gasteiger charge is -2.06. The molecule has 1 rings (SSSR count). The summed E-state index contributed by atoms with van der Waals surface area (Å²) >= 11 is 0. The van der Waals surface area contributed by atoms with Gasteiger partial charge in [0.15, 0.2) is 0 Å². The molecule has 8 heteroatoms. The van der Waals surface area contributed by atoms with E-state index in [0.717, 1.165) is 12.2 Å². The van der Waals surface area contributed by atoms with Gasteiger partial charge in [0.2, 0.25) is 10.0 Å². The van der Waals surface area contributed by atoms with Gasteiger partial charge in [0.05, 0.1) is 11.0 Å². The number of hydrogen-bond acceptors (Lipinski definition) is 6. The molecule has 0 fully saturated rings. The van der Waals surface area contributed by atoms with Gasteiger partial charge in [-0.15, -0.1) is 0 Å². The van der Waals surface area contributed by atoms with Gasteiger partial charge >= 0.3 is 11.9 Å². The maximum absolute atomic E-state index is 11.9. The summed E-state index contributed by atoms with van der Waals surface area (Å²) in [7, 11) is -3.63. The Morgan fingerprint density at radius 1 is 1.13 bits per heavy atom. The molecule has 0 unspecified atom stereocenters. The third-order valence-electron chi connectivity index (χ3n) is 2.40. The summed E-state index contributed by atoms with van der Waals surface area (Å²) < 4.78 is 35.6. The first kappa shape index (κ1) is 18.9. The molecular formula is C15H19NO6S. The zero-order valence-corrected chi connectivity index (χ0v) is 13.7. The molecule has 0 aliphatic heterocycles. The Labute approximate surface area is 135 Å². The topological polar surface area (TPSA) is 98.8 Å². The molecular weight excluding hydrogens is 322 g/mol. The maximum atomic E-state index is 11.9. The zero-order chi connectivity index (χ0) is 17.3. The first-order valence-corrected chi connectivity index (χ1v) is 8.40. The Kier molecular flexibility index (Phi) is 7.43. The van der Waals surface area contributed by atoms with Crippen LogP contribution in [0.25, 0.3) is 0 Å². The molecule has 1 aromatic rings. The summed E-state index contributed by atoms with van der Waals surface area (Å²) in [6.45, 7) is 3.13. The molecule has 0 bridgehead atoms. The van der Waals surface area contributed by atoms with Crippen molar-refractivity contribution in [3.05, 3.63) is 42.5 Å². The number of hydrogen-bond donors (Lipinski definition) is 1. The molecule has 0 aliphatic rings. The SMILES string of the molecule is CC(C)OC(=O)/C=C/C(=O)OCCNS(=O)(=O)c1ccccc1. The molecule has 0 atom stereocenters. The van der Waals surface area contributed by atoms with E-state index >= 15 is 0 Å². The van der Waals surface area contributed by atoms with Crippen LogP contribution in [0.2, 0.25) is 0 Å². The number of carbonyl (C=O) groups is 2. The van der Waals surface area contributed by atoms with Crippen molar-refractivity contribution in [3.63, 3.8) is 0 Å². The van der Waals surface area contributed by atoms with Gasteiger partial charge in [-0.05, 0) is 26.0 Å². The van der Waals surface area contributed by atoms with Gasteiger partial charge in [-0.2, -0.15) is 0 Å². The highest BCUT2D eigenvalue weighted by atomic mass is 32.2. The van der Waals surface area contributed by atoms with E-state index in [1.165, 1.54) is 12.1 Å². The van der Waals surface area contributed by atoms with Crippen LogP contribution in [0.4, 0.5) is 0 Å². The summed E-state index contributed by atoms with van der Waals surface area (Å²) in [5.41, 5.74) is 0. The highest BCUT2D eigenvalue weighted by molar-refractivity contribution is 7.89. The van der Waals surface area contributed by atoms with E-state index in [1.807, 2.05) is 0 Å². The summed E-state index contributed by atoms with van der Waals surface area (Å²) in [4.78, 5) is 22.6. The lowest BCUT2D eigenvalue weighted by Crippen LogP contribution is -2.28. The van der Waals surface area contributed by atoms with E-state index < -0.39 is 22.0 Å². The first-order chi connectivity index (χ1) is 10.8. The first-order valence-electron chi connectivity index (χ1n) is 6.91. The number of carbonyl (C=O) groups excluding carboxylic acids is 2. The average molecular weight is 341 g/mol. The van der Waals surface area contributed by atoms with Crippen molar-refractivity contribution in [2.24, 2.45) is 0 Å². The monoisotopic (exact) mass is 341 g/mol. The molecule has 7 nitrogen and oxygen atoms in total. The van der Waals surface area contributed by atoms with Crippen molar-refractivity contribution in [3.8, 4) is 0 Å². The van der Waals surface area contributed by atoms with Crippen molar-refractivity contribution in [2.75, 3.05) is 13.2 Å². The minimum absolute atomic E-state index is 0.0761. The maximum Gasteiger partial charge on any atom is 0.331 e. The number of esters is 2. The molecule has 0 saturated carbocycles. The van der Waals surface area contributed by atoms with Crippen LogP contribution in [0.15, 0.2) is 47.4 Å². The molecule has 0 amide bonds. The summed E-state index contributed by atoms with van der Waals surface area (Å²) in [5, 5.41) is 0. The standard InChI is InChI=1S/C15H19NO6S/c1-12(2)22-15(18)9-8-14(17)21-11-10-16-23(19,20)13-6-4-3-5-7-13/h3-9,12,16H,10-11H2,1-2H3/b9-8+. The van der Waals surface area contributed by atoms with Gasteiger partial charge in [0.1, 0.15) is 6.61 Å². The smallest absolute Gasteiger partial charge is 0.331 e. The second-order valence-corrected chi connectivity index (χ2v) is 6.46. The van der Waals surface area contributed by atoms with Crippen LogP contribution < -0.4 is 4.72 Å². The Balaban J connectivity index is 2.33. The number of benzene rings is 1. The normalized spacial score (nSPS) is 11.6. The molecule has 0 heterocycles. The van der Waals surface area contributed by atoms with Crippen LogP contribution in [-0.2, 0) is 29.1 Å². The van der Waals surface area contributed by atoms with Gasteiger partial charge in [0, 0.05) is 18.7 Å². The number of ether oxygens (including phenoxy) is 2. The Morgan fingerprint density at radius 2 is 1.74 bits per heavy atom. The fraction of sp³-hybridized carbons (Fsp3) is 0.333. The van der Waals surface area contributed by atoms with Gasteiger partial charge in [-0.3, -0.25) is 0 Å². The molecule has 0 saturated heterocycles. The van der Waals surface area contributed by atoms with Crippen molar-refractivity contribution < 1.29 is 27.5 Å². The van der Waals surface area contributed by atoms with Crippen molar-refractivity contribution >= 4 is 22.0 Å². The molecule has 0 aliphatic carbocycles. The third-order valence-corrected chi connectivity index (χ3v) is 3.88. The van der Waals surface area contributed by atoms with Crippen LogP contribution in [0.5, 0.6) is 0 Å². The Bertz CT molecular complexity index is 652. The molecule has 0 spiro atoms. The lowest BCUT2D eigenvalue weighted by atomic mass is 10.4. The van der Waals surface area contributed by atoms with E-state index in [2.05, 4.69) is 4.72 Å². The number of nitrogens with one attached hydrogen (secondary N) is 1. The molecule has 0 radical (unpaired) electrons. The quantitative estimate of drug-likeness (QED) is 0.430. The fourth-order valence-electron chi connectivity index (χ4n) is 1.47. The lowest BCUT2D eigenvalue weighted by molar-refractivity contribution is -0.142. The summed E-state index contributed by atoms with van der Waals surface area (Å²) in [5.74, 6) is -1.41. The Morgan fingerprint density at radius 3 is 2.35 bits per heavy atom. The van der Waals surface area contributed by atoms with Crippen LogP contribution in [-0.4, -0.2) is 39.6 Å². The highest BCUT2D eigenvalue weighted by Gasteiger charge is 2.12. The molecule has 1 N–H and O–H groups in total. The molecule has 0 aromatic heterocycles. The van der Waals surface area contributed by atoms with E-state index in [4.69, 9.17) is 9.47 Å². The van der Waals surface area contributed by atoms with Crippen molar-refractivity contribution in [1.82, 2.24) is 4.72 Å². The van der Waals surface area contributed by atoms with E-state index in [9.17, 15) is 18.0 Å². The van der Waals surface area contributed by atoms with Crippen molar-refractivity contribution in [2.45, 2.75) is 24.8 Å². The highest BCUT2D eigenvalue weighted by Crippen LogP contribution is 2.06. The van der Waals surface area contributed by atoms with Gasteiger partial charge in [-0.25, -0.2) is 22.7 Å². The zero-order valence-electron chi connectivity index (χ0n) is 12.9. The fourth-order valence-corrected chi connectivity index (χ4v) is 2.50. The average Bonchev–Trinajstić information content (AvgIpc) is 2.50. The van der Waals surface area contributed by atoms with E-state index in [0.29, 0.717) is 0 Å². The minimum Gasteiger partial charge on any atom is -0.461 e. The van der Waals surface area contributed by atoms with Gasteiger partial charge < -0.3 is 9.47 Å². The third kappa shape index (κ3) is 7.57. The predicted molar refractivity (Wildman–Crippen MR) is 83.0 cm³/mol. The number of sulfonamides is 1. The second-order valence-electron chi connectivity index (χ2n) is 4.70. The molecule has 1 aromatic carbocycles.